The van der Waals surface area contributed by atoms with Crippen LogP contribution < -0.4 is 5.14 Å². The fraction of sp³-hybridized carbons (Fsp3) is 0.750. The van der Waals surface area contributed by atoms with Crippen LogP contribution >= 0.6 is 0 Å². The predicted molar refractivity (Wildman–Crippen MR) is 72.0 cm³/mol. The van der Waals surface area contributed by atoms with Gasteiger partial charge in [0.25, 0.3) is 0 Å². The van der Waals surface area contributed by atoms with E-state index in [0.717, 1.165) is 37.4 Å². The molecule has 1 aromatic rings. The topological polar surface area (TPSA) is 89.4 Å². The largest absolute Gasteiger partial charge is 0.444 e. The van der Waals surface area contributed by atoms with Crippen LogP contribution in [0.3, 0.4) is 0 Å². The third kappa shape index (κ3) is 4.29. The Kier molecular flexibility index (Phi) is 4.27. The average molecular weight is 287 g/mol. The number of hydrogen-bond acceptors (Lipinski definition) is 5. The van der Waals surface area contributed by atoms with Gasteiger partial charge in [-0.1, -0.05) is 0 Å². The first kappa shape index (κ1) is 14.5. The molecule has 1 fully saturated rings. The number of nitrogens with zero attached hydrogens (tertiary/aromatic N) is 2. The van der Waals surface area contributed by atoms with Crippen LogP contribution in [0.1, 0.15) is 30.2 Å². The van der Waals surface area contributed by atoms with Gasteiger partial charge >= 0.3 is 0 Å². The summed E-state index contributed by atoms with van der Waals surface area (Å²) in [6.45, 7) is 6.13. The zero-order chi connectivity index (χ0) is 14.0. The summed E-state index contributed by atoms with van der Waals surface area (Å²) < 4.78 is 27.8. The molecule has 1 aliphatic rings. The zero-order valence-corrected chi connectivity index (χ0v) is 12.2. The molecule has 2 heterocycles. The molecule has 1 unspecified atom stereocenters. The van der Waals surface area contributed by atoms with Crippen molar-refractivity contribution in [3.63, 3.8) is 0 Å². The van der Waals surface area contributed by atoms with Gasteiger partial charge in [-0.25, -0.2) is 18.5 Å². The molecular formula is C12H21N3O3S. The Morgan fingerprint density at radius 3 is 2.79 bits per heavy atom. The molecule has 6 nitrogen and oxygen atoms in total. The van der Waals surface area contributed by atoms with Crippen LogP contribution in [0.4, 0.5) is 0 Å². The molecule has 0 spiro atoms. The van der Waals surface area contributed by atoms with Gasteiger partial charge in [-0.15, -0.1) is 0 Å². The second-order valence-corrected chi connectivity index (χ2v) is 6.98. The summed E-state index contributed by atoms with van der Waals surface area (Å²) in [5.41, 5.74) is 0.910. The Labute approximate surface area is 114 Å². The second kappa shape index (κ2) is 5.60. The maximum Gasteiger partial charge on any atom is 0.209 e. The highest BCUT2D eigenvalue weighted by atomic mass is 32.2. The molecule has 1 saturated heterocycles. The predicted octanol–water partition coefficient (Wildman–Crippen LogP) is 0.792. The lowest BCUT2D eigenvalue weighted by molar-refractivity contribution is 0.163. The van der Waals surface area contributed by atoms with Crippen LogP contribution in [0, 0.1) is 19.8 Å². The van der Waals surface area contributed by atoms with Gasteiger partial charge in [-0.3, -0.25) is 4.90 Å². The Bertz CT molecular complexity index is 519. The van der Waals surface area contributed by atoms with Crippen LogP contribution in [-0.2, 0) is 16.6 Å². The summed E-state index contributed by atoms with van der Waals surface area (Å²) in [5, 5.41) is 5.11. The average Bonchev–Trinajstić information content (AvgIpc) is 2.55. The first-order chi connectivity index (χ1) is 8.83. The van der Waals surface area contributed by atoms with Crippen molar-refractivity contribution in [1.29, 1.82) is 0 Å². The van der Waals surface area contributed by atoms with Gasteiger partial charge in [0.05, 0.1) is 18.0 Å². The number of aryl methyl sites for hydroxylation is 2. The highest BCUT2D eigenvalue weighted by Gasteiger charge is 2.24. The molecule has 0 amide bonds. The molecule has 19 heavy (non-hydrogen) atoms. The third-order valence-electron chi connectivity index (χ3n) is 3.50. The Morgan fingerprint density at radius 2 is 2.21 bits per heavy atom. The summed E-state index contributed by atoms with van der Waals surface area (Å²) in [7, 11) is -3.39. The van der Waals surface area contributed by atoms with Crippen LogP contribution in [0.15, 0.2) is 4.42 Å². The van der Waals surface area contributed by atoms with E-state index >= 15 is 0 Å². The molecule has 2 rings (SSSR count). The molecule has 2 N–H and O–H groups in total. The minimum absolute atomic E-state index is 0.0626. The molecular weight excluding hydrogens is 266 g/mol. The quantitative estimate of drug-likeness (QED) is 0.884. The van der Waals surface area contributed by atoms with Crippen LogP contribution in [0.2, 0.25) is 0 Å². The van der Waals surface area contributed by atoms with E-state index in [2.05, 4.69) is 9.88 Å². The fourth-order valence-electron chi connectivity index (χ4n) is 2.56. The smallest absolute Gasteiger partial charge is 0.209 e. The lowest BCUT2D eigenvalue weighted by Gasteiger charge is -2.31. The monoisotopic (exact) mass is 287 g/mol. The number of hydrogen-bond donors (Lipinski definition) is 1. The molecule has 1 aliphatic heterocycles. The molecule has 0 aliphatic carbocycles. The zero-order valence-electron chi connectivity index (χ0n) is 11.4. The third-order valence-corrected chi connectivity index (χ3v) is 4.44. The highest BCUT2D eigenvalue weighted by molar-refractivity contribution is 7.89. The van der Waals surface area contributed by atoms with E-state index in [1.807, 2.05) is 13.8 Å². The summed E-state index contributed by atoms with van der Waals surface area (Å²) in [6.07, 6.45) is 1.90. The Hall–Kier alpha value is -0.920. The highest BCUT2D eigenvalue weighted by Crippen LogP contribution is 2.20. The minimum atomic E-state index is -3.39. The van der Waals surface area contributed by atoms with Gasteiger partial charge in [-0.05, 0) is 39.2 Å². The van der Waals surface area contributed by atoms with Crippen LogP contribution in [0.5, 0.6) is 0 Å². The van der Waals surface area contributed by atoms with E-state index in [1.165, 1.54) is 0 Å². The summed E-state index contributed by atoms with van der Waals surface area (Å²) in [6, 6.07) is 0. The Morgan fingerprint density at radius 1 is 1.47 bits per heavy atom. The van der Waals surface area contributed by atoms with Crippen LogP contribution in [-0.4, -0.2) is 37.1 Å². The van der Waals surface area contributed by atoms with Gasteiger partial charge in [0.2, 0.25) is 15.9 Å². The molecule has 7 heteroatoms. The SMILES string of the molecule is Cc1nc(CN2CCCC(CS(N)(=O)=O)C2)oc1C. The van der Waals surface area contributed by atoms with E-state index < -0.39 is 10.0 Å². The van der Waals surface area contributed by atoms with E-state index in [4.69, 9.17) is 9.56 Å². The molecule has 0 aromatic carbocycles. The lowest BCUT2D eigenvalue weighted by atomic mass is 10.0. The van der Waals surface area contributed by atoms with Crippen LogP contribution in [0.25, 0.3) is 0 Å². The van der Waals surface area contributed by atoms with Crippen molar-refractivity contribution in [3.05, 3.63) is 17.3 Å². The molecule has 1 aromatic heterocycles. The van der Waals surface area contributed by atoms with Gasteiger partial charge < -0.3 is 4.42 Å². The summed E-state index contributed by atoms with van der Waals surface area (Å²) in [5.74, 6) is 1.72. The van der Waals surface area contributed by atoms with Gasteiger partial charge in [0.15, 0.2) is 0 Å². The van der Waals surface area contributed by atoms with Crippen molar-refractivity contribution in [2.45, 2.75) is 33.2 Å². The van der Waals surface area contributed by atoms with E-state index in [9.17, 15) is 8.42 Å². The van der Waals surface area contributed by atoms with Crippen molar-refractivity contribution in [2.24, 2.45) is 11.1 Å². The van der Waals surface area contributed by atoms with E-state index in [1.54, 1.807) is 0 Å². The maximum atomic E-state index is 11.1. The lowest BCUT2D eigenvalue weighted by Crippen LogP contribution is -2.38. The summed E-state index contributed by atoms with van der Waals surface area (Å²) in [4.78, 5) is 6.54. The van der Waals surface area contributed by atoms with Crippen molar-refractivity contribution in [1.82, 2.24) is 9.88 Å². The Balaban J connectivity index is 1.94. The number of likely N-dealkylation sites (tertiary alicyclic amines) is 1. The fourth-order valence-corrected chi connectivity index (χ4v) is 3.49. The minimum Gasteiger partial charge on any atom is -0.444 e. The first-order valence-corrected chi connectivity index (χ1v) is 8.21. The van der Waals surface area contributed by atoms with Crippen molar-refractivity contribution in [2.75, 3.05) is 18.8 Å². The second-order valence-electron chi connectivity index (χ2n) is 5.32. The molecule has 0 saturated carbocycles. The van der Waals surface area contributed by atoms with Crippen molar-refractivity contribution in [3.8, 4) is 0 Å². The normalized spacial score (nSPS) is 21.7. The number of aromatic nitrogens is 1. The van der Waals surface area contributed by atoms with E-state index in [0.29, 0.717) is 12.4 Å². The van der Waals surface area contributed by atoms with E-state index in [-0.39, 0.29) is 11.7 Å². The number of piperidine rings is 1. The molecule has 0 bridgehead atoms. The molecule has 1 atom stereocenters. The number of sulfonamides is 1. The molecule has 108 valence electrons. The molecule has 0 radical (unpaired) electrons. The number of rotatable bonds is 4. The summed E-state index contributed by atoms with van der Waals surface area (Å²) >= 11 is 0. The van der Waals surface area contributed by atoms with Crippen molar-refractivity contribution < 1.29 is 12.8 Å². The first-order valence-electron chi connectivity index (χ1n) is 6.49. The number of oxazole rings is 1. The number of nitrogens with two attached hydrogens (primary N) is 1. The van der Waals surface area contributed by atoms with Gasteiger partial charge in [0.1, 0.15) is 5.76 Å². The van der Waals surface area contributed by atoms with Gasteiger partial charge in [-0.2, -0.15) is 0 Å². The standard InChI is InChI=1S/C12H21N3O3S/c1-9-10(2)18-12(14-9)7-15-5-3-4-11(6-15)8-19(13,16)17/h11H,3-8H2,1-2H3,(H2,13,16,17). The number of primary sulfonamides is 1. The maximum absolute atomic E-state index is 11.1. The van der Waals surface area contributed by atoms with Crippen molar-refractivity contribution >= 4 is 10.0 Å². The van der Waals surface area contributed by atoms with Gasteiger partial charge in [0, 0.05) is 6.54 Å².